The van der Waals surface area contributed by atoms with Crippen molar-refractivity contribution >= 4 is 11.9 Å². The number of amides is 1. The molecule has 0 aromatic rings. The molecule has 4 atom stereocenters. The molecule has 1 amide bonds. The summed E-state index contributed by atoms with van der Waals surface area (Å²) >= 11 is 0. The number of ether oxygens (including phenoxy) is 1. The molecule has 120 valence electrons. The molecule has 2 fully saturated rings. The average molecular weight is 297 g/mol. The van der Waals surface area contributed by atoms with Gasteiger partial charge in [-0.15, -0.1) is 0 Å². The van der Waals surface area contributed by atoms with Gasteiger partial charge in [0.1, 0.15) is 0 Å². The molecule has 0 bridgehead atoms. The second kappa shape index (κ2) is 7.25. The summed E-state index contributed by atoms with van der Waals surface area (Å²) in [4.78, 5) is 23.3. The Bertz CT molecular complexity index is 382. The Morgan fingerprint density at radius 2 is 1.95 bits per heavy atom. The fourth-order valence-electron chi connectivity index (χ4n) is 3.64. The van der Waals surface area contributed by atoms with E-state index in [1.807, 2.05) is 0 Å². The Balaban J connectivity index is 1.80. The molecular formula is C16H27NO4. The van der Waals surface area contributed by atoms with E-state index in [0.717, 1.165) is 25.9 Å². The van der Waals surface area contributed by atoms with Crippen LogP contribution in [0.2, 0.25) is 0 Å². The van der Waals surface area contributed by atoms with Crippen LogP contribution in [0.1, 0.15) is 46.0 Å². The van der Waals surface area contributed by atoms with Crippen LogP contribution in [-0.2, 0) is 14.3 Å². The lowest BCUT2D eigenvalue weighted by Gasteiger charge is -2.27. The molecule has 1 saturated carbocycles. The van der Waals surface area contributed by atoms with Crippen LogP contribution in [-0.4, -0.2) is 36.2 Å². The quantitative estimate of drug-likeness (QED) is 0.814. The molecule has 0 spiro atoms. The van der Waals surface area contributed by atoms with Gasteiger partial charge in [-0.2, -0.15) is 0 Å². The van der Waals surface area contributed by atoms with Gasteiger partial charge in [0.2, 0.25) is 5.91 Å². The minimum atomic E-state index is -0.767. The molecule has 1 saturated heterocycles. The molecule has 21 heavy (non-hydrogen) atoms. The third-order valence-electron chi connectivity index (χ3n) is 4.85. The maximum atomic E-state index is 12.3. The number of aliphatic carboxylic acids is 1. The van der Waals surface area contributed by atoms with Gasteiger partial charge in [-0.05, 0) is 31.6 Å². The number of carboxylic acids is 1. The summed E-state index contributed by atoms with van der Waals surface area (Å²) in [7, 11) is 0. The molecule has 0 aromatic heterocycles. The highest BCUT2D eigenvalue weighted by molar-refractivity contribution is 5.80. The van der Waals surface area contributed by atoms with E-state index in [0.29, 0.717) is 31.2 Å². The predicted octanol–water partition coefficient (Wildman–Crippen LogP) is 2.05. The van der Waals surface area contributed by atoms with Gasteiger partial charge >= 0.3 is 5.97 Å². The molecule has 2 N–H and O–H groups in total. The molecule has 1 heterocycles. The van der Waals surface area contributed by atoms with Crippen LogP contribution < -0.4 is 5.32 Å². The van der Waals surface area contributed by atoms with Crippen molar-refractivity contribution in [1.29, 1.82) is 0 Å². The van der Waals surface area contributed by atoms with Crippen molar-refractivity contribution in [3.63, 3.8) is 0 Å². The maximum absolute atomic E-state index is 12.3. The molecule has 0 radical (unpaired) electrons. The number of nitrogens with one attached hydrogen (secondary N) is 1. The molecule has 1 aliphatic carbocycles. The van der Waals surface area contributed by atoms with E-state index in [2.05, 4.69) is 19.2 Å². The maximum Gasteiger partial charge on any atom is 0.306 e. The van der Waals surface area contributed by atoms with Crippen molar-refractivity contribution in [3.05, 3.63) is 0 Å². The van der Waals surface area contributed by atoms with E-state index in [9.17, 15) is 9.59 Å². The van der Waals surface area contributed by atoms with E-state index < -0.39 is 5.97 Å². The summed E-state index contributed by atoms with van der Waals surface area (Å²) in [6.07, 6.45) is 4.04. The van der Waals surface area contributed by atoms with E-state index in [1.54, 1.807) is 0 Å². The van der Waals surface area contributed by atoms with Crippen LogP contribution in [0.3, 0.4) is 0 Å². The van der Waals surface area contributed by atoms with Gasteiger partial charge in [0.15, 0.2) is 0 Å². The fourth-order valence-corrected chi connectivity index (χ4v) is 3.64. The number of carbonyl (C=O) groups excluding carboxylic acids is 1. The summed E-state index contributed by atoms with van der Waals surface area (Å²) in [6.45, 7) is 5.70. The lowest BCUT2D eigenvalue weighted by molar-refractivity contribution is -0.144. The highest BCUT2D eigenvalue weighted by atomic mass is 16.5. The summed E-state index contributed by atoms with van der Waals surface area (Å²) in [5.74, 6) is -0.396. The van der Waals surface area contributed by atoms with Gasteiger partial charge in [0, 0.05) is 25.0 Å². The molecule has 5 heteroatoms. The topological polar surface area (TPSA) is 75.6 Å². The number of carbonyl (C=O) groups is 2. The third kappa shape index (κ3) is 4.19. The summed E-state index contributed by atoms with van der Waals surface area (Å²) in [6, 6.07) is 0. The Labute approximate surface area is 126 Å². The molecule has 1 aliphatic heterocycles. The van der Waals surface area contributed by atoms with Crippen LogP contribution in [0.4, 0.5) is 0 Å². The smallest absolute Gasteiger partial charge is 0.306 e. The third-order valence-corrected chi connectivity index (χ3v) is 4.85. The van der Waals surface area contributed by atoms with Crippen molar-refractivity contribution < 1.29 is 19.4 Å². The minimum absolute atomic E-state index is 0.0235. The first-order valence-corrected chi connectivity index (χ1v) is 8.11. The lowest BCUT2D eigenvalue weighted by atomic mass is 9.81. The molecule has 4 unspecified atom stereocenters. The Morgan fingerprint density at radius 3 is 2.62 bits per heavy atom. The minimum Gasteiger partial charge on any atom is -0.481 e. The van der Waals surface area contributed by atoms with E-state index in [-0.39, 0.29) is 23.8 Å². The molecule has 5 nitrogen and oxygen atoms in total. The average Bonchev–Trinajstić information content (AvgIpc) is 2.93. The van der Waals surface area contributed by atoms with E-state index in [1.165, 1.54) is 0 Å². The van der Waals surface area contributed by atoms with Crippen LogP contribution >= 0.6 is 0 Å². The molecule has 0 aromatic carbocycles. The normalized spacial score (nSPS) is 33.1. The van der Waals surface area contributed by atoms with Crippen molar-refractivity contribution in [2.45, 2.75) is 52.1 Å². The molecule has 2 aliphatic rings. The summed E-state index contributed by atoms with van der Waals surface area (Å²) in [5.41, 5.74) is 0. The zero-order valence-corrected chi connectivity index (χ0v) is 13.0. The first-order chi connectivity index (χ1) is 9.99. The summed E-state index contributed by atoms with van der Waals surface area (Å²) < 4.78 is 5.72. The van der Waals surface area contributed by atoms with Crippen molar-refractivity contribution in [2.75, 3.05) is 13.2 Å². The Kier molecular flexibility index (Phi) is 5.62. The Hall–Kier alpha value is -1.10. The second-order valence-electron chi connectivity index (χ2n) is 6.77. The number of hydrogen-bond acceptors (Lipinski definition) is 3. The van der Waals surface area contributed by atoms with Crippen molar-refractivity contribution in [1.82, 2.24) is 5.32 Å². The van der Waals surface area contributed by atoms with Gasteiger partial charge < -0.3 is 15.2 Å². The zero-order chi connectivity index (χ0) is 15.4. The van der Waals surface area contributed by atoms with Gasteiger partial charge in [-0.1, -0.05) is 20.3 Å². The standard InChI is InChI=1S/C16H27NO4/c1-10(2)14-13(6-7-21-14)9-17-15(18)11-4-3-5-12(8-11)16(19)20/h10-14H,3-9H2,1-2H3,(H,17,18)(H,19,20). The van der Waals surface area contributed by atoms with Crippen molar-refractivity contribution in [3.8, 4) is 0 Å². The van der Waals surface area contributed by atoms with E-state index in [4.69, 9.17) is 9.84 Å². The van der Waals surface area contributed by atoms with Crippen molar-refractivity contribution in [2.24, 2.45) is 23.7 Å². The number of rotatable bonds is 5. The zero-order valence-electron chi connectivity index (χ0n) is 13.0. The monoisotopic (exact) mass is 297 g/mol. The first kappa shape index (κ1) is 16.3. The van der Waals surface area contributed by atoms with Gasteiger partial charge in [0.25, 0.3) is 0 Å². The second-order valence-corrected chi connectivity index (χ2v) is 6.77. The predicted molar refractivity (Wildman–Crippen MR) is 78.8 cm³/mol. The van der Waals surface area contributed by atoms with Crippen LogP contribution in [0, 0.1) is 23.7 Å². The fraction of sp³-hybridized carbons (Fsp3) is 0.875. The van der Waals surface area contributed by atoms with E-state index >= 15 is 0 Å². The van der Waals surface area contributed by atoms with Crippen LogP contribution in [0.5, 0.6) is 0 Å². The number of hydrogen-bond donors (Lipinski definition) is 2. The Morgan fingerprint density at radius 1 is 1.24 bits per heavy atom. The summed E-state index contributed by atoms with van der Waals surface area (Å²) in [5, 5.41) is 12.1. The highest BCUT2D eigenvalue weighted by Crippen LogP contribution is 2.30. The first-order valence-electron chi connectivity index (χ1n) is 8.11. The molecular weight excluding hydrogens is 270 g/mol. The SMILES string of the molecule is CC(C)C1OCCC1CNC(=O)C1CCCC(C(=O)O)C1. The number of carboxylic acid groups (broad SMARTS) is 1. The van der Waals surface area contributed by atoms with Crippen LogP contribution in [0.15, 0.2) is 0 Å². The molecule has 2 rings (SSSR count). The van der Waals surface area contributed by atoms with Gasteiger partial charge in [-0.3, -0.25) is 9.59 Å². The van der Waals surface area contributed by atoms with Gasteiger partial charge in [-0.25, -0.2) is 0 Å². The highest BCUT2D eigenvalue weighted by Gasteiger charge is 2.33. The largest absolute Gasteiger partial charge is 0.481 e. The van der Waals surface area contributed by atoms with Crippen LogP contribution in [0.25, 0.3) is 0 Å². The van der Waals surface area contributed by atoms with Gasteiger partial charge in [0.05, 0.1) is 12.0 Å². The lowest BCUT2D eigenvalue weighted by Crippen LogP contribution is -2.40.